The zero-order valence-corrected chi connectivity index (χ0v) is 16.6. The number of carbonyl (C=O) groups excluding carboxylic acids is 1. The molecule has 1 aliphatic heterocycles. The summed E-state index contributed by atoms with van der Waals surface area (Å²) in [5, 5.41) is 12.6. The van der Waals surface area contributed by atoms with Crippen LogP contribution in [0.3, 0.4) is 0 Å². The van der Waals surface area contributed by atoms with E-state index in [0.717, 1.165) is 37.3 Å². The van der Waals surface area contributed by atoms with Crippen LogP contribution >= 0.6 is 0 Å². The molecule has 0 bridgehead atoms. The van der Waals surface area contributed by atoms with Crippen molar-refractivity contribution in [3.05, 3.63) is 89.2 Å². The van der Waals surface area contributed by atoms with Crippen molar-refractivity contribution in [2.45, 2.75) is 19.4 Å². The number of para-hydroxylation sites is 1. The van der Waals surface area contributed by atoms with Gasteiger partial charge >= 0.3 is 0 Å². The van der Waals surface area contributed by atoms with E-state index in [4.69, 9.17) is 0 Å². The molecule has 0 unspecified atom stereocenters. The van der Waals surface area contributed by atoms with Gasteiger partial charge in [0.1, 0.15) is 0 Å². The predicted octanol–water partition coefficient (Wildman–Crippen LogP) is 3.49. The minimum atomic E-state index is -0.196. The van der Waals surface area contributed by atoms with Gasteiger partial charge in [0.25, 0.3) is 5.91 Å². The molecule has 0 saturated heterocycles. The van der Waals surface area contributed by atoms with Gasteiger partial charge in [0.05, 0.1) is 0 Å². The average molecular weight is 397 g/mol. The van der Waals surface area contributed by atoms with Gasteiger partial charge in [0.2, 0.25) is 0 Å². The summed E-state index contributed by atoms with van der Waals surface area (Å²) in [5.41, 5.74) is 5.37. The first kappa shape index (κ1) is 18.4. The van der Waals surface area contributed by atoms with Crippen molar-refractivity contribution in [3.63, 3.8) is 0 Å². The number of anilines is 1. The summed E-state index contributed by atoms with van der Waals surface area (Å²) in [5.74, 6) is 0.609. The Bertz CT molecular complexity index is 1180. The maximum absolute atomic E-state index is 12.5. The Labute approximate surface area is 174 Å². The molecule has 2 aromatic carbocycles. The van der Waals surface area contributed by atoms with Crippen molar-refractivity contribution in [2.75, 3.05) is 18.0 Å². The highest BCUT2D eigenvalue weighted by Crippen LogP contribution is 2.22. The number of aromatic nitrogens is 3. The summed E-state index contributed by atoms with van der Waals surface area (Å²) in [7, 11) is 0. The van der Waals surface area contributed by atoms with Gasteiger partial charge in [-0.1, -0.05) is 42.5 Å². The van der Waals surface area contributed by atoms with Crippen LogP contribution in [0.5, 0.6) is 0 Å². The lowest BCUT2D eigenvalue weighted by molar-refractivity contribution is 0.0948. The lowest BCUT2D eigenvalue weighted by Gasteiger charge is -2.29. The van der Waals surface area contributed by atoms with Crippen LogP contribution in [0, 0.1) is 0 Å². The van der Waals surface area contributed by atoms with E-state index in [2.05, 4.69) is 61.8 Å². The monoisotopic (exact) mass is 397 g/mol. The van der Waals surface area contributed by atoms with E-state index in [1.54, 1.807) is 6.07 Å². The zero-order chi connectivity index (χ0) is 20.3. The quantitative estimate of drug-likeness (QED) is 0.541. The standard InChI is InChI=1S/C24H23N5O/c30-24(25-13-11-18-15-26-21-8-4-3-7-20(18)21)22-9-10-23(28-27-22)29-14-12-17-5-1-2-6-19(17)16-29/h1-10,15,26H,11-14,16H2,(H,25,30). The highest BCUT2D eigenvalue weighted by atomic mass is 16.1. The van der Waals surface area contributed by atoms with Crippen LogP contribution in [0.4, 0.5) is 5.82 Å². The molecule has 5 rings (SSSR count). The van der Waals surface area contributed by atoms with Crippen molar-refractivity contribution in [2.24, 2.45) is 0 Å². The fourth-order valence-corrected chi connectivity index (χ4v) is 4.05. The number of amides is 1. The molecule has 2 N–H and O–H groups in total. The van der Waals surface area contributed by atoms with E-state index in [-0.39, 0.29) is 5.91 Å². The number of nitrogens with zero attached hydrogens (tertiary/aromatic N) is 3. The number of fused-ring (bicyclic) bond motifs is 2. The Hall–Kier alpha value is -3.67. The molecule has 2 aromatic heterocycles. The van der Waals surface area contributed by atoms with E-state index < -0.39 is 0 Å². The summed E-state index contributed by atoms with van der Waals surface area (Å²) in [6.07, 6.45) is 3.75. The molecular formula is C24H23N5O. The van der Waals surface area contributed by atoms with Crippen molar-refractivity contribution in [1.29, 1.82) is 0 Å². The van der Waals surface area contributed by atoms with E-state index in [1.165, 1.54) is 22.1 Å². The topological polar surface area (TPSA) is 73.9 Å². The molecule has 1 amide bonds. The fourth-order valence-electron chi connectivity index (χ4n) is 4.05. The summed E-state index contributed by atoms with van der Waals surface area (Å²) < 4.78 is 0. The van der Waals surface area contributed by atoms with Crippen LogP contribution in [0.25, 0.3) is 10.9 Å². The number of benzene rings is 2. The van der Waals surface area contributed by atoms with Crippen LogP contribution in [0.15, 0.2) is 66.9 Å². The lowest BCUT2D eigenvalue weighted by Crippen LogP contribution is -2.31. The van der Waals surface area contributed by atoms with Gasteiger partial charge in [0, 0.05) is 36.7 Å². The number of carbonyl (C=O) groups is 1. The van der Waals surface area contributed by atoms with Gasteiger partial charge in [-0.15, -0.1) is 10.2 Å². The third-order valence-electron chi connectivity index (χ3n) is 5.69. The number of aromatic amines is 1. The minimum Gasteiger partial charge on any atom is -0.361 e. The summed E-state index contributed by atoms with van der Waals surface area (Å²) in [6.45, 7) is 2.27. The van der Waals surface area contributed by atoms with Gasteiger partial charge < -0.3 is 15.2 Å². The molecule has 3 heterocycles. The Balaban J connectivity index is 1.19. The minimum absolute atomic E-state index is 0.196. The summed E-state index contributed by atoms with van der Waals surface area (Å²) in [6, 6.07) is 20.3. The van der Waals surface area contributed by atoms with E-state index >= 15 is 0 Å². The second kappa shape index (κ2) is 7.99. The highest BCUT2D eigenvalue weighted by molar-refractivity contribution is 5.92. The lowest BCUT2D eigenvalue weighted by atomic mass is 10.00. The van der Waals surface area contributed by atoms with Gasteiger partial charge in [-0.25, -0.2) is 0 Å². The molecule has 6 heteroatoms. The molecule has 4 aromatic rings. The van der Waals surface area contributed by atoms with E-state index in [9.17, 15) is 4.79 Å². The molecule has 1 aliphatic rings. The first-order valence-electron chi connectivity index (χ1n) is 10.3. The van der Waals surface area contributed by atoms with Crippen molar-refractivity contribution in [1.82, 2.24) is 20.5 Å². The van der Waals surface area contributed by atoms with Gasteiger partial charge in [-0.2, -0.15) is 0 Å². The van der Waals surface area contributed by atoms with Crippen LogP contribution in [-0.2, 0) is 19.4 Å². The Morgan fingerprint density at radius 3 is 2.70 bits per heavy atom. The number of nitrogens with one attached hydrogen (secondary N) is 2. The second-order valence-electron chi connectivity index (χ2n) is 7.58. The van der Waals surface area contributed by atoms with E-state index in [0.29, 0.717) is 12.2 Å². The molecule has 30 heavy (non-hydrogen) atoms. The number of rotatable bonds is 5. The van der Waals surface area contributed by atoms with Gasteiger partial charge in [0.15, 0.2) is 11.5 Å². The Morgan fingerprint density at radius 1 is 1.00 bits per heavy atom. The fraction of sp³-hybridized carbons (Fsp3) is 0.208. The SMILES string of the molecule is O=C(NCCc1c[nH]c2ccccc12)c1ccc(N2CCc3ccccc3C2)nn1. The maximum atomic E-state index is 12.5. The Kier molecular flexibility index (Phi) is 4.89. The maximum Gasteiger partial charge on any atom is 0.271 e. The van der Waals surface area contributed by atoms with Gasteiger partial charge in [-0.05, 0) is 47.7 Å². The van der Waals surface area contributed by atoms with Crippen LogP contribution in [0.1, 0.15) is 27.2 Å². The van der Waals surface area contributed by atoms with Crippen molar-refractivity contribution < 1.29 is 4.79 Å². The zero-order valence-electron chi connectivity index (χ0n) is 16.6. The number of hydrogen-bond acceptors (Lipinski definition) is 4. The third-order valence-corrected chi connectivity index (χ3v) is 5.69. The van der Waals surface area contributed by atoms with Gasteiger partial charge in [-0.3, -0.25) is 4.79 Å². The van der Waals surface area contributed by atoms with E-state index in [1.807, 2.05) is 24.4 Å². The largest absolute Gasteiger partial charge is 0.361 e. The third kappa shape index (κ3) is 3.64. The predicted molar refractivity (Wildman–Crippen MR) is 118 cm³/mol. The molecule has 6 nitrogen and oxygen atoms in total. The Morgan fingerprint density at radius 2 is 1.83 bits per heavy atom. The molecule has 0 atom stereocenters. The molecule has 150 valence electrons. The first-order valence-corrected chi connectivity index (χ1v) is 10.3. The summed E-state index contributed by atoms with van der Waals surface area (Å²) >= 11 is 0. The smallest absolute Gasteiger partial charge is 0.271 e. The van der Waals surface area contributed by atoms with Crippen LogP contribution in [-0.4, -0.2) is 34.2 Å². The van der Waals surface area contributed by atoms with Crippen molar-refractivity contribution >= 4 is 22.6 Å². The highest BCUT2D eigenvalue weighted by Gasteiger charge is 2.18. The molecular weight excluding hydrogens is 374 g/mol. The number of hydrogen-bond donors (Lipinski definition) is 2. The molecule has 0 aliphatic carbocycles. The second-order valence-corrected chi connectivity index (χ2v) is 7.58. The normalized spacial score (nSPS) is 13.3. The van der Waals surface area contributed by atoms with Crippen LogP contribution < -0.4 is 10.2 Å². The van der Waals surface area contributed by atoms with Crippen LogP contribution in [0.2, 0.25) is 0 Å². The first-order chi connectivity index (χ1) is 14.8. The molecule has 0 saturated carbocycles. The summed E-state index contributed by atoms with van der Waals surface area (Å²) in [4.78, 5) is 17.9. The molecule has 0 spiro atoms. The molecule has 0 radical (unpaired) electrons. The molecule has 0 fully saturated rings. The number of H-pyrrole nitrogens is 1. The van der Waals surface area contributed by atoms with Crippen molar-refractivity contribution in [3.8, 4) is 0 Å². The average Bonchev–Trinajstić information content (AvgIpc) is 3.22.